The lowest BCUT2D eigenvalue weighted by Crippen LogP contribution is -2.61. The highest BCUT2D eigenvalue weighted by Gasteiger charge is 2.51. The van der Waals surface area contributed by atoms with Crippen molar-refractivity contribution in [2.75, 3.05) is 13.7 Å². The van der Waals surface area contributed by atoms with Crippen LogP contribution < -0.4 is 0 Å². The van der Waals surface area contributed by atoms with E-state index < -0.39 is 30.4 Å². The van der Waals surface area contributed by atoms with Gasteiger partial charge in [-0.1, -0.05) is 13.3 Å². The second-order valence-electron chi connectivity index (χ2n) is 5.60. The van der Waals surface area contributed by atoms with Gasteiger partial charge in [0.2, 0.25) is 0 Å². The van der Waals surface area contributed by atoms with E-state index in [9.17, 15) is 15.3 Å². The molecule has 0 amide bonds. The summed E-state index contributed by atoms with van der Waals surface area (Å²) in [5.41, 5.74) is 0. The van der Waals surface area contributed by atoms with E-state index in [2.05, 4.69) is 0 Å². The summed E-state index contributed by atoms with van der Waals surface area (Å²) in [4.78, 5) is 0. The largest absolute Gasteiger partial charge is 0.393 e. The molecule has 120 valence electrons. The minimum Gasteiger partial charge on any atom is -0.393 e. The summed E-state index contributed by atoms with van der Waals surface area (Å²) < 4.78 is 16.5. The van der Waals surface area contributed by atoms with Crippen molar-refractivity contribution in [3.05, 3.63) is 0 Å². The molecule has 0 aromatic carbocycles. The van der Waals surface area contributed by atoms with E-state index in [1.807, 2.05) is 6.92 Å². The van der Waals surface area contributed by atoms with Crippen molar-refractivity contribution in [1.29, 1.82) is 0 Å². The molecule has 0 spiro atoms. The first kappa shape index (κ1) is 17.8. The molecule has 3 N–H and O–H groups in total. The lowest BCUT2D eigenvalue weighted by atomic mass is 9.83. The van der Waals surface area contributed by atoms with E-state index in [0.717, 1.165) is 6.42 Å². The van der Waals surface area contributed by atoms with Gasteiger partial charge in [-0.3, -0.25) is 0 Å². The Morgan fingerprint density at radius 3 is 2.45 bits per heavy atom. The lowest BCUT2D eigenvalue weighted by Gasteiger charge is -2.48. The van der Waals surface area contributed by atoms with E-state index in [4.69, 9.17) is 14.2 Å². The number of hydrogen-bond donors (Lipinski definition) is 3. The van der Waals surface area contributed by atoms with Gasteiger partial charge in [0, 0.05) is 13.0 Å². The van der Waals surface area contributed by atoms with Gasteiger partial charge in [0.15, 0.2) is 12.1 Å². The van der Waals surface area contributed by atoms with Crippen LogP contribution in [0.2, 0.25) is 0 Å². The molecule has 6 unspecified atom stereocenters. The summed E-state index contributed by atoms with van der Waals surface area (Å²) in [5.74, 6) is -1.38. The Morgan fingerprint density at radius 1 is 1.30 bits per heavy atom. The van der Waals surface area contributed by atoms with Crippen molar-refractivity contribution in [2.45, 2.75) is 70.4 Å². The molecule has 0 saturated carbocycles. The van der Waals surface area contributed by atoms with Crippen LogP contribution in [0.5, 0.6) is 0 Å². The lowest BCUT2D eigenvalue weighted by molar-refractivity contribution is -0.384. The van der Waals surface area contributed by atoms with E-state index >= 15 is 0 Å². The van der Waals surface area contributed by atoms with Gasteiger partial charge in [-0.15, -0.1) is 0 Å². The molecule has 6 atom stereocenters. The zero-order valence-corrected chi connectivity index (χ0v) is 12.8. The molecule has 6 heteroatoms. The fourth-order valence-corrected chi connectivity index (χ4v) is 2.60. The first-order valence-corrected chi connectivity index (χ1v) is 7.24. The fraction of sp³-hybridized carbons (Fsp3) is 1.00. The molecule has 1 rings (SSSR count). The van der Waals surface area contributed by atoms with Crippen molar-refractivity contribution in [2.24, 2.45) is 5.92 Å². The fourth-order valence-electron chi connectivity index (χ4n) is 2.60. The third kappa shape index (κ3) is 4.13. The molecule has 0 radical (unpaired) electrons. The first-order chi connectivity index (χ1) is 9.35. The summed E-state index contributed by atoms with van der Waals surface area (Å²) in [6.07, 6.45) is -1.45. The van der Waals surface area contributed by atoms with E-state index in [-0.39, 0.29) is 5.92 Å². The van der Waals surface area contributed by atoms with Gasteiger partial charge >= 0.3 is 0 Å². The Kier molecular flexibility index (Phi) is 6.84. The summed E-state index contributed by atoms with van der Waals surface area (Å²) >= 11 is 0. The van der Waals surface area contributed by atoms with Gasteiger partial charge in [-0.05, 0) is 26.7 Å². The minimum atomic E-state index is -1.09. The molecule has 0 aromatic heterocycles. The van der Waals surface area contributed by atoms with Crippen LogP contribution in [0, 0.1) is 5.92 Å². The zero-order chi connectivity index (χ0) is 15.3. The average Bonchev–Trinajstić information content (AvgIpc) is 2.39. The maximum Gasteiger partial charge on any atom is 0.188 e. The van der Waals surface area contributed by atoms with Crippen LogP contribution in [0.4, 0.5) is 0 Å². The molecule has 1 heterocycles. The molecule has 0 bridgehead atoms. The van der Waals surface area contributed by atoms with Crippen LogP contribution in [0.25, 0.3) is 0 Å². The monoisotopic (exact) mass is 292 g/mol. The van der Waals surface area contributed by atoms with Crippen LogP contribution in [0.15, 0.2) is 0 Å². The third-order valence-corrected chi connectivity index (χ3v) is 3.82. The Balaban J connectivity index is 2.80. The number of methoxy groups -OCH3 is 1. The molecule has 20 heavy (non-hydrogen) atoms. The Bertz CT molecular complexity index is 285. The Morgan fingerprint density at radius 2 is 1.95 bits per heavy atom. The van der Waals surface area contributed by atoms with Gasteiger partial charge < -0.3 is 29.5 Å². The van der Waals surface area contributed by atoms with Crippen LogP contribution in [0.3, 0.4) is 0 Å². The van der Waals surface area contributed by atoms with Crippen LogP contribution in [0.1, 0.15) is 40.0 Å². The highest BCUT2D eigenvalue weighted by molar-refractivity contribution is 4.92. The number of aliphatic hydroxyl groups is 3. The van der Waals surface area contributed by atoms with Crippen LogP contribution in [-0.4, -0.2) is 59.4 Å². The minimum absolute atomic E-state index is 0.313. The van der Waals surface area contributed by atoms with E-state index in [0.29, 0.717) is 19.4 Å². The van der Waals surface area contributed by atoms with Gasteiger partial charge in [-0.2, -0.15) is 0 Å². The molecule has 1 saturated heterocycles. The average molecular weight is 292 g/mol. The number of ether oxygens (including phenoxy) is 3. The van der Waals surface area contributed by atoms with E-state index in [1.54, 1.807) is 13.8 Å². The molecule has 1 aliphatic heterocycles. The second kappa shape index (κ2) is 7.68. The summed E-state index contributed by atoms with van der Waals surface area (Å²) in [7, 11) is 1.41. The first-order valence-electron chi connectivity index (χ1n) is 7.24. The number of aliphatic hydroxyl groups excluding tert-OH is 3. The smallest absolute Gasteiger partial charge is 0.188 e. The normalized spacial score (nSPS) is 39.8. The molecule has 0 aliphatic carbocycles. The molecule has 1 fully saturated rings. The summed E-state index contributed by atoms with van der Waals surface area (Å²) in [6.45, 7) is 5.75. The van der Waals surface area contributed by atoms with Crippen molar-refractivity contribution in [3.63, 3.8) is 0 Å². The molecular formula is C14H28O6. The zero-order valence-electron chi connectivity index (χ0n) is 12.8. The van der Waals surface area contributed by atoms with Gasteiger partial charge in [0.05, 0.1) is 18.8 Å². The van der Waals surface area contributed by atoms with Gasteiger partial charge in [-0.25, -0.2) is 0 Å². The molecular weight excluding hydrogens is 264 g/mol. The molecule has 6 nitrogen and oxygen atoms in total. The van der Waals surface area contributed by atoms with E-state index in [1.165, 1.54) is 7.11 Å². The Hall–Kier alpha value is -0.240. The highest BCUT2D eigenvalue weighted by Crippen LogP contribution is 2.38. The predicted molar refractivity (Wildman–Crippen MR) is 72.9 cm³/mol. The summed E-state index contributed by atoms with van der Waals surface area (Å²) in [5, 5.41) is 29.6. The number of hydrogen-bond acceptors (Lipinski definition) is 6. The number of rotatable bonds is 7. The van der Waals surface area contributed by atoms with Crippen LogP contribution >= 0.6 is 0 Å². The standard InChI is InChI=1S/C14H28O6/c1-5-6-10-11(16)12(17)13(18-4)20-14(10,3)19-8-7-9(2)15/h9-13,15-17H,5-8H2,1-4H3. The highest BCUT2D eigenvalue weighted by atomic mass is 16.8. The maximum absolute atomic E-state index is 10.3. The quantitative estimate of drug-likeness (QED) is 0.638. The SMILES string of the molecule is CCCC1C(O)C(O)C(OC)OC1(C)OCCC(C)O. The Labute approximate surface area is 120 Å². The second-order valence-corrected chi connectivity index (χ2v) is 5.60. The third-order valence-electron chi connectivity index (χ3n) is 3.82. The van der Waals surface area contributed by atoms with Gasteiger partial charge in [0.1, 0.15) is 6.10 Å². The molecule has 1 aliphatic rings. The molecule has 0 aromatic rings. The van der Waals surface area contributed by atoms with Crippen molar-refractivity contribution < 1.29 is 29.5 Å². The van der Waals surface area contributed by atoms with Crippen molar-refractivity contribution in [1.82, 2.24) is 0 Å². The van der Waals surface area contributed by atoms with Crippen molar-refractivity contribution >= 4 is 0 Å². The maximum atomic E-state index is 10.3. The van der Waals surface area contributed by atoms with Crippen LogP contribution in [-0.2, 0) is 14.2 Å². The van der Waals surface area contributed by atoms with Crippen molar-refractivity contribution in [3.8, 4) is 0 Å². The topological polar surface area (TPSA) is 88.4 Å². The van der Waals surface area contributed by atoms with Gasteiger partial charge in [0.25, 0.3) is 0 Å². The predicted octanol–water partition coefficient (Wildman–Crippen LogP) is 0.631. The summed E-state index contributed by atoms with van der Waals surface area (Å²) in [6, 6.07) is 0.